The van der Waals surface area contributed by atoms with Crippen molar-refractivity contribution in [2.24, 2.45) is 5.73 Å². The van der Waals surface area contributed by atoms with Gasteiger partial charge in [-0.3, -0.25) is 15.0 Å². The van der Waals surface area contributed by atoms with Gasteiger partial charge in [-0.2, -0.15) is 0 Å². The summed E-state index contributed by atoms with van der Waals surface area (Å²) in [5.41, 5.74) is 7.72. The number of nitrogens with one attached hydrogen (secondary N) is 1. The number of carbonyl (C=O) groups is 2. The summed E-state index contributed by atoms with van der Waals surface area (Å²) in [4.78, 5) is 24.7. The minimum absolute atomic E-state index is 0.322. The lowest BCUT2D eigenvalue weighted by Crippen LogP contribution is -2.50. The van der Waals surface area contributed by atoms with Crippen molar-refractivity contribution >= 4 is 11.9 Å². The van der Waals surface area contributed by atoms with Crippen LogP contribution in [0.5, 0.6) is 0 Å². The van der Waals surface area contributed by atoms with Crippen molar-refractivity contribution in [1.29, 1.82) is 0 Å². The van der Waals surface area contributed by atoms with Crippen LogP contribution in [0.2, 0.25) is 0 Å². The van der Waals surface area contributed by atoms with Crippen LogP contribution in [0.25, 0.3) is 0 Å². The zero-order valence-electron chi connectivity index (χ0n) is 12.6. The number of nitrogens with two attached hydrogens (primary N) is 1. The Kier molecular flexibility index (Phi) is 4.96. The quantitative estimate of drug-likeness (QED) is 0.890. The van der Waals surface area contributed by atoms with Crippen molar-refractivity contribution in [3.63, 3.8) is 0 Å². The van der Waals surface area contributed by atoms with Crippen molar-refractivity contribution in [2.45, 2.75) is 38.6 Å². The molecular formula is C16H23N3O2. The van der Waals surface area contributed by atoms with Crippen molar-refractivity contribution < 1.29 is 9.59 Å². The van der Waals surface area contributed by atoms with E-state index in [4.69, 9.17) is 5.73 Å². The highest BCUT2D eigenvalue weighted by Gasteiger charge is 2.28. The molecule has 1 aromatic carbocycles. The van der Waals surface area contributed by atoms with Gasteiger partial charge in [0.25, 0.3) is 0 Å². The maximum absolute atomic E-state index is 11.8. The van der Waals surface area contributed by atoms with Crippen LogP contribution in [0.15, 0.2) is 24.3 Å². The van der Waals surface area contributed by atoms with Gasteiger partial charge in [-0.25, -0.2) is 4.79 Å². The molecule has 0 spiro atoms. The number of primary amides is 1. The van der Waals surface area contributed by atoms with Gasteiger partial charge in [-0.05, 0) is 56.8 Å². The molecule has 2 rings (SSSR count). The van der Waals surface area contributed by atoms with E-state index in [9.17, 15) is 9.59 Å². The monoisotopic (exact) mass is 289 g/mol. The van der Waals surface area contributed by atoms with E-state index in [1.165, 1.54) is 11.1 Å². The van der Waals surface area contributed by atoms with Crippen LogP contribution in [0.1, 0.15) is 36.8 Å². The van der Waals surface area contributed by atoms with Crippen LogP contribution in [0.4, 0.5) is 4.79 Å². The Balaban J connectivity index is 1.93. The summed E-state index contributed by atoms with van der Waals surface area (Å²) >= 11 is 0. The van der Waals surface area contributed by atoms with Crippen LogP contribution in [-0.4, -0.2) is 36.0 Å². The van der Waals surface area contributed by atoms with Gasteiger partial charge in [0.05, 0.1) is 6.04 Å². The molecule has 1 atom stereocenters. The molecular weight excluding hydrogens is 266 g/mol. The number of imide groups is 1. The molecule has 5 nitrogen and oxygen atoms in total. The second-order valence-electron chi connectivity index (χ2n) is 5.70. The first-order valence-electron chi connectivity index (χ1n) is 7.39. The zero-order chi connectivity index (χ0) is 15.4. The number of amides is 3. The third-order valence-corrected chi connectivity index (χ3v) is 4.33. The van der Waals surface area contributed by atoms with E-state index in [0.717, 1.165) is 25.9 Å². The number of hydrogen-bond acceptors (Lipinski definition) is 3. The molecule has 0 radical (unpaired) electrons. The molecule has 1 fully saturated rings. The maximum atomic E-state index is 11.8. The second-order valence-corrected chi connectivity index (χ2v) is 5.70. The lowest BCUT2D eigenvalue weighted by atomic mass is 9.86. The second kappa shape index (κ2) is 6.72. The number of urea groups is 1. The fourth-order valence-electron chi connectivity index (χ4n) is 3.03. The summed E-state index contributed by atoms with van der Waals surface area (Å²) < 4.78 is 0. The van der Waals surface area contributed by atoms with Crippen molar-refractivity contribution in [1.82, 2.24) is 10.2 Å². The van der Waals surface area contributed by atoms with Crippen LogP contribution in [0, 0.1) is 6.92 Å². The van der Waals surface area contributed by atoms with E-state index < -0.39 is 6.03 Å². The molecule has 1 aromatic rings. The van der Waals surface area contributed by atoms with Crippen LogP contribution < -0.4 is 11.1 Å². The number of benzene rings is 1. The molecule has 0 aromatic heterocycles. The molecule has 1 heterocycles. The van der Waals surface area contributed by atoms with E-state index in [-0.39, 0.29) is 11.9 Å². The first kappa shape index (κ1) is 15.5. The Morgan fingerprint density at radius 1 is 1.29 bits per heavy atom. The summed E-state index contributed by atoms with van der Waals surface area (Å²) in [5, 5.41) is 2.15. The molecule has 0 aliphatic carbocycles. The van der Waals surface area contributed by atoms with Gasteiger partial charge in [0.15, 0.2) is 0 Å². The number of rotatable bonds is 3. The highest BCUT2D eigenvalue weighted by Crippen LogP contribution is 2.30. The number of carbonyl (C=O) groups excluding carboxylic acids is 2. The van der Waals surface area contributed by atoms with Crippen LogP contribution >= 0.6 is 0 Å². The largest absolute Gasteiger partial charge is 0.351 e. The summed E-state index contributed by atoms with van der Waals surface area (Å²) in [6, 6.07) is 7.36. The molecule has 1 saturated heterocycles. The molecule has 1 aliphatic rings. The van der Waals surface area contributed by atoms with E-state index in [1.807, 2.05) is 6.92 Å². The highest BCUT2D eigenvalue weighted by atomic mass is 16.2. The fourth-order valence-corrected chi connectivity index (χ4v) is 3.03. The predicted molar refractivity (Wildman–Crippen MR) is 81.9 cm³/mol. The smallest absolute Gasteiger partial charge is 0.318 e. The third kappa shape index (κ3) is 3.82. The zero-order valence-corrected chi connectivity index (χ0v) is 12.6. The van der Waals surface area contributed by atoms with Crippen molar-refractivity contribution in [3.8, 4) is 0 Å². The molecule has 5 heteroatoms. The molecule has 1 aliphatic heterocycles. The Morgan fingerprint density at radius 2 is 1.90 bits per heavy atom. The lowest BCUT2D eigenvalue weighted by Gasteiger charge is -2.35. The average molecular weight is 289 g/mol. The minimum atomic E-state index is -0.790. The maximum Gasteiger partial charge on any atom is 0.318 e. The Hall–Kier alpha value is -1.88. The molecule has 3 amide bonds. The van der Waals surface area contributed by atoms with Gasteiger partial charge in [0.1, 0.15) is 0 Å². The number of likely N-dealkylation sites (tertiary alicyclic amines) is 1. The lowest BCUT2D eigenvalue weighted by molar-refractivity contribution is -0.125. The Morgan fingerprint density at radius 3 is 2.48 bits per heavy atom. The minimum Gasteiger partial charge on any atom is -0.351 e. The molecule has 0 bridgehead atoms. The van der Waals surface area contributed by atoms with E-state index in [0.29, 0.717) is 5.92 Å². The van der Waals surface area contributed by atoms with Gasteiger partial charge < -0.3 is 5.73 Å². The van der Waals surface area contributed by atoms with Gasteiger partial charge >= 0.3 is 6.03 Å². The van der Waals surface area contributed by atoms with Crippen molar-refractivity contribution in [3.05, 3.63) is 35.4 Å². The Bertz CT molecular complexity index is 522. The standard InChI is InChI=1S/C16H23N3O2/c1-11-5-3-4-6-14(11)13-7-9-19(10-8-13)12(2)15(20)18-16(17)21/h3-6,12-13H,7-10H2,1-2H3,(H3,17,18,20,21)/t12-/m0/s1. The molecule has 0 saturated carbocycles. The van der Waals surface area contributed by atoms with Gasteiger partial charge in [-0.1, -0.05) is 24.3 Å². The van der Waals surface area contributed by atoms with E-state index in [2.05, 4.69) is 41.4 Å². The topological polar surface area (TPSA) is 75.4 Å². The molecule has 3 N–H and O–H groups in total. The number of hydrogen-bond donors (Lipinski definition) is 2. The highest BCUT2D eigenvalue weighted by molar-refractivity contribution is 5.96. The molecule has 21 heavy (non-hydrogen) atoms. The molecule has 0 unspecified atom stereocenters. The first-order chi connectivity index (χ1) is 9.99. The number of aryl methyl sites for hydroxylation is 1. The number of nitrogens with zero attached hydrogens (tertiary/aromatic N) is 1. The average Bonchev–Trinajstić information content (AvgIpc) is 2.46. The molecule has 114 valence electrons. The van der Waals surface area contributed by atoms with Gasteiger partial charge in [0.2, 0.25) is 5.91 Å². The third-order valence-electron chi connectivity index (χ3n) is 4.33. The van der Waals surface area contributed by atoms with Crippen LogP contribution in [-0.2, 0) is 4.79 Å². The van der Waals surface area contributed by atoms with Crippen LogP contribution in [0.3, 0.4) is 0 Å². The van der Waals surface area contributed by atoms with Gasteiger partial charge in [-0.15, -0.1) is 0 Å². The summed E-state index contributed by atoms with van der Waals surface area (Å²) in [7, 11) is 0. The predicted octanol–water partition coefficient (Wildman–Crippen LogP) is 1.76. The van der Waals surface area contributed by atoms with Crippen molar-refractivity contribution in [2.75, 3.05) is 13.1 Å². The van der Waals surface area contributed by atoms with E-state index in [1.54, 1.807) is 0 Å². The SMILES string of the molecule is Cc1ccccc1C1CCN([C@@H](C)C(=O)NC(N)=O)CC1. The normalized spacial score (nSPS) is 18.2. The Labute approximate surface area is 125 Å². The first-order valence-corrected chi connectivity index (χ1v) is 7.39. The summed E-state index contributed by atoms with van der Waals surface area (Å²) in [5.74, 6) is 0.227. The summed E-state index contributed by atoms with van der Waals surface area (Å²) in [6.07, 6.45) is 2.05. The summed E-state index contributed by atoms with van der Waals surface area (Å²) in [6.45, 7) is 5.66. The fraction of sp³-hybridized carbons (Fsp3) is 0.500. The van der Waals surface area contributed by atoms with Gasteiger partial charge in [0, 0.05) is 0 Å². The number of piperidine rings is 1. The van der Waals surface area contributed by atoms with E-state index >= 15 is 0 Å².